The molecule has 2 aliphatic rings. The van der Waals surface area contributed by atoms with Crippen LogP contribution < -0.4 is 0 Å². The van der Waals surface area contributed by atoms with Crippen LogP contribution in [-0.4, -0.2) is 46.8 Å². The van der Waals surface area contributed by atoms with Crippen LogP contribution in [0.15, 0.2) is 30.3 Å². The summed E-state index contributed by atoms with van der Waals surface area (Å²) in [7, 11) is 0. The minimum atomic E-state index is -0.224. The van der Waals surface area contributed by atoms with Gasteiger partial charge in [0, 0.05) is 42.9 Å². The first-order chi connectivity index (χ1) is 11.3. The van der Waals surface area contributed by atoms with Gasteiger partial charge in [-0.05, 0) is 19.3 Å². The van der Waals surface area contributed by atoms with Gasteiger partial charge in [0.05, 0.1) is 5.69 Å². The maximum Gasteiger partial charge on any atom is 0.251 e. The summed E-state index contributed by atoms with van der Waals surface area (Å²) in [5, 5.41) is 7.68. The van der Waals surface area contributed by atoms with Crippen molar-refractivity contribution >= 4 is 5.91 Å². The molecule has 120 valence electrons. The van der Waals surface area contributed by atoms with Crippen molar-refractivity contribution in [3.05, 3.63) is 41.6 Å². The maximum absolute atomic E-state index is 12.6. The third kappa shape index (κ3) is 2.77. The van der Waals surface area contributed by atoms with Crippen molar-refractivity contribution in [2.45, 2.75) is 31.8 Å². The second kappa shape index (κ2) is 6.16. The molecule has 1 aromatic carbocycles. The Morgan fingerprint density at radius 2 is 2.04 bits per heavy atom. The number of benzene rings is 1. The number of aromatic amines is 1. The van der Waals surface area contributed by atoms with Gasteiger partial charge in [-0.25, -0.2) is 0 Å². The number of H-pyrrole nitrogens is 1. The lowest BCUT2D eigenvalue weighted by atomic mass is 10.0. The van der Waals surface area contributed by atoms with E-state index in [9.17, 15) is 4.79 Å². The molecule has 5 heteroatoms. The number of nitrogens with zero attached hydrogens (tertiary/aromatic N) is 2. The third-order valence-electron chi connectivity index (χ3n) is 4.78. The maximum atomic E-state index is 12.6. The fraction of sp³-hybridized carbons (Fsp3) is 0.444. The zero-order chi connectivity index (χ0) is 15.6. The van der Waals surface area contributed by atoms with E-state index in [1.807, 2.05) is 23.1 Å². The Morgan fingerprint density at radius 3 is 2.83 bits per heavy atom. The summed E-state index contributed by atoms with van der Waals surface area (Å²) >= 11 is 0. The monoisotopic (exact) mass is 311 g/mol. The lowest BCUT2D eigenvalue weighted by Crippen LogP contribution is -2.40. The van der Waals surface area contributed by atoms with E-state index in [1.165, 1.54) is 5.56 Å². The zero-order valence-electron chi connectivity index (χ0n) is 13.1. The SMILES string of the molecule is O=C([C@H]1CCCO1)N1CCc2[nH]nc(-c3ccccc3)c2CC1. The fourth-order valence-corrected chi connectivity index (χ4v) is 3.51. The summed E-state index contributed by atoms with van der Waals surface area (Å²) in [6.07, 6.45) is 3.29. The second-order valence-corrected chi connectivity index (χ2v) is 6.22. The van der Waals surface area contributed by atoms with Gasteiger partial charge >= 0.3 is 0 Å². The Bertz CT molecular complexity index is 690. The van der Waals surface area contributed by atoms with Crippen molar-refractivity contribution in [2.24, 2.45) is 0 Å². The van der Waals surface area contributed by atoms with Crippen molar-refractivity contribution < 1.29 is 9.53 Å². The van der Waals surface area contributed by atoms with Crippen molar-refractivity contribution in [3.8, 4) is 11.3 Å². The summed E-state index contributed by atoms with van der Waals surface area (Å²) in [6.45, 7) is 2.19. The first-order valence-corrected chi connectivity index (χ1v) is 8.35. The van der Waals surface area contributed by atoms with E-state index in [2.05, 4.69) is 22.3 Å². The largest absolute Gasteiger partial charge is 0.368 e. The van der Waals surface area contributed by atoms with Gasteiger partial charge < -0.3 is 9.64 Å². The van der Waals surface area contributed by atoms with Gasteiger partial charge in [0.2, 0.25) is 0 Å². The van der Waals surface area contributed by atoms with Crippen molar-refractivity contribution in [1.29, 1.82) is 0 Å². The van der Waals surface area contributed by atoms with Crippen molar-refractivity contribution in [3.63, 3.8) is 0 Å². The van der Waals surface area contributed by atoms with Crippen LogP contribution in [0.5, 0.6) is 0 Å². The molecule has 3 heterocycles. The topological polar surface area (TPSA) is 58.2 Å². The smallest absolute Gasteiger partial charge is 0.251 e. The number of carbonyl (C=O) groups excluding carboxylic acids is 1. The normalized spacial score (nSPS) is 21.0. The minimum Gasteiger partial charge on any atom is -0.368 e. The van der Waals surface area contributed by atoms with Gasteiger partial charge in [-0.15, -0.1) is 0 Å². The van der Waals surface area contributed by atoms with E-state index in [0.29, 0.717) is 6.61 Å². The van der Waals surface area contributed by atoms with Gasteiger partial charge in [-0.3, -0.25) is 9.89 Å². The summed E-state index contributed by atoms with van der Waals surface area (Å²) < 4.78 is 5.55. The summed E-state index contributed by atoms with van der Waals surface area (Å²) in [6, 6.07) is 10.2. The van der Waals surface area contributed by atoms with Crippen LogP contribution in [0.25, 0.3) is 11.3 Å². The molecule has 1 fully saturated rings. The molecule has 2 aliphatic heterocycles. The fourth-order valence-electron chi connectivity index (χ4n) is 3.51. The Balaban J connectivity index is 1.53. The standard InChI is InChI=1S/C18H21N3O2/c22-18(16-7-4-12-23-16)21-10-8-14-15(9-11-21)19-20-17(14)13-5-2-1-3-6-13/h1-3,5-6,16H,4,7-12H2,(H,19,20)/t16-/m1/s1. The molecule has 23 heavy (non-hydrogen) atoms. The molecule has 0 saturated carbocycles. The highest BCUT2D eigenvalue weighted by molar-refractivity contribution is 5.81. The first kappa shape index (κ1) is 14.5. The lowest BCUT2D eigenvalue weighted by Gasteiger charge is -2.23. The predicted octanol–water partition coefficient (Wildman–Crippen LogP) is 2.18. The number of rotatable bonds is 2. The number of hydrogen-bond acceptors (Lipinski definition) is 3. The van der Waals surface area contributed by atoms with E-state index >= 15 is 0 Å². The van der Waals surface area contributed by atoms with Gasteiger partial charge in [-0.2, -0.15) is 5.10 Å². The molecular formula is C18H21N3O2. The molecule has 1 saturated heterocycles. The van der Waals surface area contributed by atoms with Crippen LogP contribution in [0.1, 0.15) is 24.1 Å². The molecule has 5 nitrogen and oxygen atoms in total. The first-order valence-electron chi connectivity index (χ1n) is 8.35. The van der Waals surface area contributed by atoms with Crippen LogP contribution in [-0.2, 0) is 22.4 Å². The molecule has 0 unspecified atom stereocenters. The molecule has 1 atom stereocenters. The van der Waals surface area contributed by atoms with E-state index < -0.39 is 0 Å². The lowest BCUT2D eigenvalue weighted by molar-refractivity contribution is -0.140. The zero-order valence-corrected chi connectivity index (χ0v) is 13.1. The summed E-state index contributed by atoms with van der Waals surface area (Å²) in [5.74, 6) is 0.155. The van der Waals surface area contributed by atoms with Crippen molar-refractivity contribution in [2.75, 3.05) is 19.7 Å². The number of amides is 1. The molecule has 0 aliphatic carbocycles. The Kier molecular flexibility index (Phi) is 3.87. The number of carbonyl (C=O) groups is 1. The molecule has 0 bridgehead atoms. The van der Waals surface area contributed by atoms with E-state index in [0.717, 1.165) is 55.7 Å². The number of nitrogens with one attached hydrogen (secondary N) is 1. The number of ether oxygens (including phenoxy) is 1. The molecular weight excluding hydrogens is 290 g/mol. The Labute approximate surface area is 135 Å². The predicted molar refractivity (Wildman–Crippen MR) is 87.0 cm³/mol. The van der Waals surface area contributed by atoms with Crippen LogP contribution in [0.3, 0.4) is 0 Å². The Morgan fingerprint density at radius 1 is 1.22 bits per heavy atom. The average molecular weight is 311 g/mol. The molecule has 1 aromatic heterocycles. The van der Waals surface area contributed by atoms with Crippen LogP contribution in [0.4, 0.5) is 0 Å². The van der Waals surface area contributed by atoms with E-state index in [4.69, 9.17) is 4.74 Å². The van der Waals surface area contributed by atoms with Gasteiger partial charge in [0.15, 0.2) is 0 Å². The molecule has 4 rings (SSSR count). The molecule has 1 amide bonds. The van der Waals surface area contributed by atoms with E-state index in [1.54, 1.807) is 0 Å². The highest BCUT2D eigenvalue weighted by Crippen LogP contribution is 2.27. The van der Waals surface area contributed by atoms with Crippen LogP contribution in [0.2, 0.25) is 0 Å². The third-order valence-corrected chi connectivity index (χ3v) is 4.78. The average Bonchev–Trinajstić information content (AvgIpc) is 3.21. The Hall–Kier alpha value is -2.14. The van der Waals surface area contributed by atoms with Crippen LogP contribution >= 0.6 is 0 Å². The molecule has 2 aromatic rings. The summed E-state index contributed by atoms with van der Waals surface area (Å²) in [4.78, 5) is 14.5. The number of aromatic nitrogens is 2. The molecule has 0 spiro atoms. The molecule has 1 N–H and O–H groups in total. The van der Waals surface area contributed by atoms with Gasteiger partial charge in [0.1, 0.15) is 6.10 Å². The minimum absolute atomic E-state index is 0.155. The highest BCUT2D eigenvalue weighted by atomic mass is 16.5. The molecule has 0 radical (unpaired) electrons. The highest BCUT2D eigenvalue weighted by Gasteiger charge is 2.30. The quantitative estimate of drug-likeness (QED) is 0.925. The van der Waals surface area contributed by atoms with Gasteiger partial charge in [-0.1, -0.05) is 30.3 Å². The van der Waals surface area contributed by atoms with Crippen molar-refractivity contribution in [1.82, 2.24) is 15.1 Å². The van der Waals surface area contributed by atoms with Gasteiger partial charge in [0.25, 0.3) is 5.91 Å². The number of fused-ring (bicyclic) bond motifs is 1. The second-order valence-electron chi connectivity index (χ2n) is 6.22. The van der Waals surface area contributed by atoms with Crippen LogP contribution in [0, 0.1) is 0 Å². The van der Waals surface area contributed by atoms with E-state index in [-0.39, 0.29) is 12.0 Å². The summed E-state index contributed by atoms with van der Waals surface area (Å²) in [5.41, 5.74) is 4.56. The number of hydrogen-bond donors (Lipinski definition) is 1.